The van der Waals surface area contributed by atoms with Crippen LogP contribution in [0.4, 0.5) is 10.1 Å². The first-order valence-corrected chi connectivity index (χ1v) is 4.87. The van der Waals surface area contributed by atoms with Crippen molar-refractivity contribution in [3.63, 3.8) is 0 Å². The Morgan fingerprint density at radius 1 is 1.60 bits per heavy atom. The normalized spacial score (nSPS) is 23.6. The molecule has 1 aromatic carbocycles. The molecule has 2 unspecified atom stereocenters. The van der Waals surface area contributed by atoms with Crippen LogP contribution in [0.15, 0.2) is 18.2 Å². The first-order chi connectivity index (χ1) is 7.08. The number of rotatable bonds is 3. The van der Waals surface area contributed by atoms with Gasteiger partial charge < -0.3 is 10.4 Å². The lowest BCUT2D eigenvalue weighted by atomic mass is 10.2. The molecule has 0 bridgehead atoms. The average molecular weight is 209 g/mol. The van der Waals surface area contributed by atoms with Crippen LogP contribution in [0.25, 0.3) is 0 Å². The summed E-state index contributed by atoms with van der Waals surface area (Å²) in [5, 5.41) is 11.7. The van der Waals surface area contributed by atoms with Gasteiger partial charge in [-0.15, -0.1) is 0 Å². The Morgan fingerprint density at radius 3 is 2.73 bits per heavy atom. The molecule has 1 fully saturated rings. The Hall–Kier alpha value is -1.58. The standard InChI is InChI=1S/C11H12FNO2/c1-6-4-10(6)13-9-3-2-7(11(14)15)5-8(9)12/h2-3,5-6,10,13H,4H2,1H3,(H,14,15). The van der Waals surface area contributed by atoms with Crippen LogP contribution in [-0.2, 0) is 0 Å². The van der Waals surface area contributed by atoms with Crippen molar-refractivity contribution in [2.75, 3.05) is 5.32 Å². The van der Waals surface area contributed by atoms with E-state index in [0.29, 0.717) is 17.6 Å². The van der Waals surface area contributed by atoms with Crippen LogP contribution in [0.5, 0.6) is 0 Å². The van der Waals surface area contributed by atoms with Crippen molar-refractivity contribution in [2.45, 2.75) is 19.4 Å². The summed E-state index contributed by atoms with van der Waals surface area (Å²) in [7, 11) is 0. The third-order valence-corrected chi connectivity index (χ3v) is 2.67. The molecule has 0 saturated heterocycles. The minimum absolute atomic E-state index is 0.0260. The van der Waals surface area contributed by atoms with Crippen LogP contribution in [0, 0.1) is 11.7 Å². The fourth-order valence-electron chi connectivity index (χ4n) is 1.49. The number of nitrogens with one attached hydrogen (secondary N) is 1. The number of carboxylic acid groups (broad SMARTS) is 1. The summed E-state index contributed by atoms with van der Waals surface area (Å²) in [6, 6.07) is 4.25. The number of hydrogen-bond donors (Lipinski definition) is 2. The van der Waals surface area contributed by atoms with Gasteiger partial charge in [0.15, 0.2) is 0 Å². The van der Waals surface area contributed by atoms with Crippen molar-refractivity contribution in [1.29, 1.82) is 0 Å². The molecule has 3 nitrogen and oxygen atoms in total. The zero-order valence-electron chi connectivity index (χ0n) is 8.33. The van der Waals surface area contributed by atoms with E-state index in [1.165, 1.54) is 12.1 Å². The van der Waals surface area contributed by atoms with Crippen LogP contribution >= 0.6 is 0 Å². The van der Waals surface area contributed by atoms with Crippen molar-refractivity contribution in [2.24, 2.45) is 5.92 Å². The fraction of sp³-hybridized carbons (Fsp3) is 0.364. The van der Waals surface area contributed by atoms with E-state index in [-0.39, 0.29) is 5.56 Å². The number of anilines is 1. The Morgan fingerprint density at radius 2 is 2.27 bits per heavy atom. The van der Waals surface area contributed by atoms with Crippen molar-refractivity contribution >= 4 is 11.7 Å². The van der Waals surface area contributed by atoms with E-state index < -0.39 is 11.8 Å². The zero-order valence-corrected chi connectivity index (χ0v) is 8.33. The van der Waals surface area contributed by atoms with Crippen molar-refractivity contribution in [3.05, 3.63) is 29.6 Å². The van der Waals surface area contributed by atoms with E-state index in [2.05, 4.69) is 12.2 Å². The molecule has 1 aliphatic carbocycles. The Kier molecular flexibility index (Phi) is 2.34. The lowest BCUT2D eigenvalue weighted by Gasteiger charge is -2.06. The zero-order chi connectivity index (χ0) is 11.0. The molecule has 0 radical (unpaired) electrons. The second-order valence-electron chi connectivity index (χ2n) is 3.96. The smallest absolute Gasteiger partial charge is 0.335 e. The summed E-state index contributed by atoms with van der Waals surface area (Å²) >= 11 is 0. The second kappa shape index (κ2) is 3.53. The summed E-state index contributed by atoms with van der Waals surface area (Å²) in [6.07, 6.45) is 1.04. The number of hydrogen-bond acceptors (Lipinski definition) is 2. The molecule has 4 heteroatoms. The van der Waals surface area contributed by atoms with E-state index in [4.69, 9.17) is 5.11 Å². The van der Waals surface area contributed by atoms with Gasteiger partial charge in [-0.25, -0.2) is 9.18 Å². The highest BCUT2D eigenvalue weighted by molar-refractivity contribution is 5.88. The molecule has 0 spiro atoms. The second-order valence-corrected chi connectivity index (χ2v) is 3.96. The summed E-state index contributed by atoms with van der Waals surface area (Å²) in [6.45, 7) is 2.08. The lowest BCUT2D eigenvalue weighted by Crippen LogP contribution is -2.06. The molecule has 2 rings (SSSR count). The highest BCUT2D eigenvalue weighted by Gasteiger charge is 2.32. The number of carbonyl (C=O) groups is 1. The first-order valence-electron chi connectivity index (χ1n) is 4.87. The van der Waals surface area contributed by atoms with E-state index in [1.54, 1.807) is 0 Å². The van der Waals surface area contributed by atoms with Crippen molar-refractivity contribution in [1.82, 2.24) is 0 Å². The number of aromatic carboxylic acids is 1. The van der Waals surface area contributed by atoms with Crippen LogP contribution < -0.4 is 5.32 Å². The molecule has 1 aromatic rings. The Balaban J connectivity index is 2.15. The summed E-state index contributed by atoms with van der Waals surface area (Å²) in [5.41, 5.74) is 0.358. The topological polar surface area (TPSA) is 49.3 Å². The van der Waals surface area contributed by atoms with E-state index >= 15 is 0 Å². The number of halogens is 1. The lowest BCUT2D eigenvalue weighted by molar-refractivity contribution is 0.0696. The van der Waals surface area contributed by atoms with Crippen LogP contribution in [-0.4, -0.2) is 17.1 Å². The predicted molar refractivity (Wildman–Crippen MR) is 54.6 cm³/mol. The van der Waals surface area contributed by atoms with Gasteiger partial charge in [-0.2, -0.15) is 0 Å². The van der Waals surface area contributed by atoms with Gasteiger partial charge in [-0.3, -0.25) is 0 Å². The largest absolute Gasteiger partial charge is 0.478 e. The van der Waals surface area contributed by atoms with Crippen LogP contribution in [0.1, 0.15) is 23.7 Å². The molecule has 1 saturated carbocycles. The molecule has 0 heterocycles. The molecule has 0 amide bonds. The Bertz CT molecular complexity index is 406. The van der Waals surface area contributed by atoms with Gasteiger partial charge in [0.25, 0.3) is 0 Å². The first kappa shape index (κ1) is 9.96. The Labute approximate surface area is 86.9 Å². The van der Waals surface area contributed by atoms with Gasteiger partial charge in [0.05, 0.1) is 11.3 Å². The minimum Gasteiger partial charge on any atom is -0.478 e. The van der Waals surface area contributed by atoms with Gasteiger partial charge in [0.1, 0.15) is 5.82 Å². The van der Waals surface area contributed by atoms with E-state index in [9.17, 15) is 9.18 Å². The van der Waals surface area contributed by atoms with Gasteiger partial charge in [0, 0.05) is 6.04 Å². The van der Waals surface area contributed by atoms with Gasteiger partial charge in [-0.1, -0.05) is 6.92 Å². The van der Waals surface area contributed by atoms with Crippen LogP contribution in [0.3, 0.4) is 0 Å². The number of benzene rings is 1. The molecule has 2 N–H and O–H groups in total. The highest BCUT2D eigenvalue weighted by atomic mass is 19.1. The molecular weight excluding hydrogens is 197 g/mol. The maximum absolute atomic E-state index is 13.4. The molecular formula is C11H12FNO2. The molecule has 1 aliphatic rings. The van der Waals surface area contributed by atoms with Gasteiger partial charge in [0.2, 0.25) is 0 Å². The third-order valence-electron chi connectivity index (χ3n) is 2.67. The molecule has 0 aromatic heterocycles. The number of carboxylic acids is 1. The van der Waals surface area contributed by atoms with E-state index in [1.807, 2.05) is 0 Å². The van der Waals surface area contributed by atoms with Crippen LogP contribution in [0.2, 0.25) is 0 Å². The minimum atomic E-state index is -1.11. The monoisotopic (exact) mass is 209 g/mol. The van der Waals surface area contributed by atoms with Gasteiger partial charge >= 0.3 is 5.97 Å². The molecule has 0 aliphatic heterocycles. The maximum Gasteiger partial charge on any atom is 0.335 e. The summed E-state index contributed by atoms with van der Waals surface area (Å²) in [5.74, 6) is -1.04. The maximum atomic E-state index is 13.4. The van der Waals surface area contributed by atoms with Crippen molar-refractivity contribution in [3.8, 4) is 0 Å². The quantitative estimate of drug-likeness (QED) is 0.803. The fourth-order valence-corrected chi connectivity index (χ4v) is 1.49. The third kappa shape index (κ3) is 2.09. The SMILES string of the molecule is CC1CC1Nc1ccc(C(=O)O)cc1F. The van der Waals surface area contributed by atoms with Crippen molar-refractivity contribution < 1.29 is 14.3 Å². The summed E-state index contributed by atoms with van der Waals surface area (Å²) in [4.78, 5) is 10.6. The average Bonchev–Trinajstić information content (AvgIpc) is 2.85. The van der Waals surface area contributed by atoms with E-state index in [0.717, 1.165) is 12.5 Å². The molecule has 80 valence electrons. The summed E-state index contributed by atoms with van der Waals surface area (Å²) < 4.78 is 13.4. The van der Waals surface area contributed by atoms with Gasteiger partial charge in [-0.05, 0) is 30.5 Å². The predicted octanol–water partition coefficient (Wildman–Crippen LogP) is 2.34. The highest BCUT2D eigenvalue weighted by Crippen LogP contribution is 2.33. The molecule has 15 heavy (non-hydrogen) atoms. The molecule has 2 atom stereocenters.